The number of aliphatic hydroxyl groups is 5. The van der Waals surface area contributed by atoms with Crippen molar-refractivity contribution in [1.82, 2.24) is 15.5 Å². The van der Waals surface area contributed by atoms with E-state index in [1.165, 1.54) is 36.4 Å². The van der Waals surface area contributed by atoms with Crippen molar-refractivity contribution in [2.75, 3.05) is 19.7 Å². The van der Waals surface area contributed by atoms with Crippen LogP contribution in [0, 0.1) is 11.7 Å². The SMILES string of the molecule is O=C(CCCCCCCCCCC(=O)NC[C@H](O)[C@@H](O)[C@H](O)CCO)NCC1=CCC(N2C(=O)C(CC[C@H](O)c3ccc(F)cc3)[C@H]2c2ccc(O)cc2O)C=C1. The summed E-state index contributed by atoms with van der Waals surface area (Å²) < 4.78 is 13.4. The van der Waals surface area contributed by atoms with Crippen LogP contribution < -0.4 is 10.6 Å². The van der Waals surface area contributed by atoms with Gasteiger partial charge in [0, 0.05) is 44.2 Å². The van der Waals surface area contributed by atoms with Crippen LogP contribution in [0.2, 0.25) is 0 Å². The number of hydrogen-bond acceptors (Lipinski definition) is 10. The fourth-order valence-electron chi connectivity index (χ4n) is 7.46. The molecule has 7 atom stereocenters. The van der Waals surface area contributed by atoms with Crippen molar-refractivity contribution in [3.8, 4) is 11.5 Å². The topological polar surface area (TPSA) is 220 Å². The number of rotatable bonds is 25. The minimum atomic E-state index is -1.44. The first-order chi connectivity index (χ1) is 27.4. The molecular formula is C43H60FN3O10. The fraction of sp³-hybridized carbons (Fsp3) is 0.558. The summed E-state index contributed by atoms with van der Waals surface area (Å²) in [6.45, 7) is -0.118. The first kappa shape index (κ1) is 45.4. The quantitative estimate of drug-likeness (QED) is 0.0517. The molecule has 0 saturated carbocycles. The summed E-state index contributed by atoms with van der Waals surface area (Å²) in [6, 6.07) is 9.17. The van der Waals surface area contributed by atoms with Gasteiger partial charge in [0.25, 0.3) is 0 Å². The number of benzene rings is 2. The molecule has 2 aliphatic rings. The van der Waals surface area contributed by atoms with E-state index in [2.05, 4.69) is 10.6 Å². The second kappa shape index (κ2) is 23.2. The zero-order chi connectivity index (χ0) is 41.3. The average Bonchev–Trinajstić information content (AvgIpc) is 3.19. The smallest absolute Gasteiger partial charge is 0.229 e. The molecule has 1 heterocycles. The molecule has 1 fully saturated rings. The minimum Gasteiger partial charge on any atom is -0.508 e. The Bertz CT molecular complexity index is 1650. The third-order valence-corrected chi connectivity index (χ3v) is 10.9. The van der Waals surface area contributed by atoms with E-state index in [-0.39, 0.29) is 61.3 Å². The molecule has 2 unspecified atom stereocenters. The predicted molar refractivity (Wildman–Crippen MR) is 211 cm³/mol. The van der Waals surface area contributed by atoms with Gasteiger partial charge in [-0.25, -0.2) is 4.39 Å². The van der Waals surface area contributed by atoms with Crippen LogP contribution in [0.4, 0.5) is 4.39 Å². The molecule has 3 amide bonds. The van der Waals surface area contributed by atoms with E-state index in [0.29, 0.717) is 49.8 Å². The maximum absolute atomic E-state index is 13.6. The fourth-order valence-corrected chi connectivity index (χ4v) is 7.46. The number of phenolic OH excluding ortho intramolecular Hbond substituents is 2. The number of nitrogens with zero attached hydrogens (tertiary/aromatic N) is 1. The number of unbranched alkanes of at least 4 members (excludes halogenated alkanes) is 7. The zero-order valence-corrected chi connectivity index (χ0v) is 32.5. The summed E-state index contributed by atoms with van der Waals surface area (Å²) in [4.78, 5) is 39.8. The van der Waals surface area contributed by atoms with Crippen molar-refractivity contribution in [3.63, 3.8) is 0 Å². The molecular weight excluding hydrogens is 737 g/mol. The molecule has 14 heteroatoms. The van der Waals surface area contributed by atoms with Crippen molar-refractivity contribution >= 4 is 17.7 Å². The Balaban J connectivity index is 1.09. The molecule has 0 radical (unpaired) electrons. The molecule has 0 aromatic heterocycles. The van der Waals surface area contributed by atoms with Crippen LogP contribution in [0.3, 0.4) is 0 Å². The van der Waals surface area contributed by atoms with Crippen molar-refractivity contribution in [1.29, 1.82) is 0 Å². The maximum atomic E-state index is 13.6. The number of phenols is 2. The third-order valence-electron chi connectivity index (χ3n) is 10.9. The molecule has 1 saturated heterocycles. The summed E-state index contributed by atoms with van der Waals surface area (Å²) in [5.74, 6) is -1.49. The minimum absolute atomic E-state index is 0.0282. The van der Waals surface area contributed by atoms with Crippen molar-refractivity contribution in [3.05, 3.63) is 83.2 Å². The number of likely N-dealkylation sites (tertiary alicyclic amines) is 1. The highest BCUT2D eigenvalue weighted by Gasteiger charge is 2.51. The van der Waals surface area contributed by atoms with E-state index in [4.69, 9.17) is 5.11 Å². The van der Waals surface area contributed by atoms with Crippen LogP contribution in [0.5, 0.6) is 11.5 Å². The van der Waals surface area contributed by atoms with Gasteiger partial charge in [0.15, 0.2) is 0 Å². The molecule has 2 aromatic rings. The van der Waals surface area contributed by atoms with Gasteiger partial charge in [-0.1, -0.05) is 68.9 Å². The Morgan fingerprint density at radius 2 is 1.46 bits per heavy atom. The molecule has 57 heavy (non-hydrogen) atoms. The standard InChI is InChI=1S/C43H60FN3O10/c44-30-15-13-29(14-16-30)35(50)22-21-34-41(33-20-19-32(49)25-37(33)52)47(43(34)57)31-17-11-28(12-18-31)26-45-39(54)9-7-5-3-1-2-4-6-8-10-40(55)46-27-38(53)42(56)36(51)23-24-48/h11-17,19-20,25,31,34-36,38,41-42,48-53,56H,1-10,18,21-24,26-27H2,(H,45,54)(H,46,55)/t31?,34?,35-,36+,38-,41+,42-/m0/s1. The van der Waals surface area contributed by atoms with Crippen LogP contribution in [-0.4, -0.2) is 102 Å². The van der Waals surface area contributed by atoms with Crippen LogP contribution in [-0.2, 0) is 14.4 Å². The van der Waals surface area contributed by atoms with Gasteiger partial charge < -0.3 is 51.3 Å². The molecule has 314 valence electrons. The lowest BCUT2D eigenvalue weighted by Crippen LogP contribution is -2.58. The Kier molecular flexibility index (Phi) is 18.4. The number of β-lactam (4-membered cyclic amide) rings is 1. The molecule has 0 bridgehead atoms. The van der Waals surface area contributed by atoms with Gasteiger partial charge in [0.05, 0.1) is 36.3 Å². The summed E-state index contributed by atoms with van der Waals surface area (Å²) >= 11 is 0. The summed E-state index contributed by atoms with van der Waals surface area (Å²) in [5, 5.41) is 75.0. The average molecular weight is 798 g/mol. The van der Waals surface area contributed by atoms with E-state index < -0.39 is 42.2 Å². The molecule has 1 aliphatic carbocycles. The van der Waals surface area contributed by atoms with E-state index >= 15 is 0 Å². The number of nitrogens with one attached hydrogen (secondary N) is 2. The summed E-state index contributed by atoms with van der Waals surface area (Å²) in [5.41, 5.74) is 1.99. The second-order valence-corrected chi connectivity index (χ2v) is 15.2. The van der Waals surface area contributed by atoms with Crippen molar-refractivity contribution < 1.29 is 54.5 Å². The Labute approximate surface area is 333 Å². The Hall–Kier alpha value is -4.34. The lowest BCUT2D eigenvalue weighted by atomic mass is 9.76. The predicted octanol–water partition coefficient (Wildman–Crippen LogP) is 4.10. The molecule has 2 aromatic carbocycles. The molecule has 9 N–H and O–H groups in total. The largest absolute Gasteiger partial charge is 0.508 e. The number of hydrogen-bond donors (Lipinski definition) is 9. The zero-order valence-electron chi connectivity index (χ0n) is 32.5. The van der Waals surface area contributed by atoms with Gasteiger partial charge in [-0.05, 0) is 73.9 Å². The molecule has 0 spiro atoms. The number of carbonyl (C=O) groups is 3. The summed E-state index contributed by atoms with van der Waals surface area (Å²) in [7, 11) is 0. The number of aliphatic hydroxyl groups excluding tert-OH is 5. The molecule has 4 rings (SSSR count). The van der Waals surface area contributed by atoms with Gasteiger partial charge in [-0.15, -0.1) is 0 Å². The van der Waals surface area contributed by atoms with Gasteiger partial charge in [0.2, 0.25) is 17.7 Å². The number of aromatic hydroxyl groups is 2. The first-order valence-electron chi connectivity index (χ1n) is 20.2. The second-order valence-electron chi connectivity index (χ2n) is 15.2. The van der Waals surface area contributed by atoms with Crippen LogP contribution in [0.15, 0.2) is 66.3 Å². The van der Waals surface area contributed by atoms with Crippen LogP contribution in [0.1, 0.15) is 113 Å². The third kappa shape index (κ3) is 13.9. The van der Waals surface area contributed by atoms with Gasteiger partial charge in [0.1, 0.15) is 23.4 Å². The lowest BCUT2D eigenvalue weighted by molar-refractivity contribution is -0.161. The van der Waals surface area contributed by atoms with Crippen molar-refractivity contribution in [2.24, 2.45) is 5.92 Å². The summed E-state index contributed by atoms with van der Waals surface area (Å²) in [6.07, 6.45) is 10.1. The van der Waals surface area contributed by atoms with E-state index in [0.717, 1.165) is 50.5 Å². The van der Waals surface area contributed by atoms with E-state index in [1.807, 2.05) is 18.2 Å². The number of halogens is 1. The lowest BCUT2D eigenvalue weighted by Gasteiger charge is -2.51. The highest BCUT2D eigenvalue weighted by Crippen LogP contribution is 2.49. The van der Waals surface area contributed by atoms with Crippen LogP contribution >= 0.6 is 0 Å². The monoisotopic (exact) mass is 797 g/mol. The number of amides is 3. The normalized spacial score (nSPS) is 20.0. The van der Waals surface area contributed by atoms with E-state index in [9.17, 15) is 49.4 Å². The Morgan fingerprint density at radius 3 is 2.05 bits per heavy atom. The van der Waals surface area contributed by atoms with E-state index in [1.54, 1.807) is 11.0 Å². The molecule has 1 aliphatic heterocycles. The highest BCUT2D eigenvalue weighted by molar-refractivity contribution is 5.87. The van der Waals surface area contributed by atoms with Gasteiger partial charge >= 0.3 is 0 Å². The maximum Gasteiger partial charge on any atom is 0.229 e. The number of carbonyl (C=O) groups excluding carboxylic acids is 3. The van der Waals surface area contributed by atoms with Crippen LogP contribution in [0.25, 0.3) is 0 Å². The Morgan fingerprint density at radius 1 is 0.825 bits per heavy atom. The van der Waals surface area contributed by atoms with Gasteiger partial charge in [-0.2, -0.15) is 0 Å². The highest BCUT2D eigenvalue weighted by atomic mass is 19.1. The first-order valence-corrected chi connectivity index (χ1v) is 20.2. The van der Waals surface area contributed by atoms with Gasteiger partial charge in [-0.3, -0.25) is 14.4 Å². The van der Waals surface area contributed by atoms with Crippen molar-refractivity contribution in [2.45, 2.75) is 126 Å². The molecule has 13 nitrogen and oxygen atoms in total.